The summed E-state index contributed by atoms with van der Waals surface area (Å²) in [7, 11) is 2.08. The summed E-state index contributed by atoms with van der Waals surface area (Å²) in [5, 5.41) is 1.29. The summed E-state index contributed by atoms with van der Waals surface area (Å²) in [6.07, 6.45) is 1.95. The second-order valence-corrected chi connectivity index (χ2v) is 3.33. The molecule has 3 heteroatoms. The summed E-state index contributed by atoms with van der Waals surface area (Å²) in [5.41, 5.74) is 0. The zero-order valence-electron chi connectivity index (χ0n) is 6.75. The molecule has 1 fully saturated rings. The normalized spacial score (nSPS) is 21.5. The van der Waals surface area contributed by atoms with Crippen LogP contribution in [0.1, 0.15) is 12.8 Å². The molecule has 1 saturated heterocycles. The van der Waals surface area contributed by atoms with E-state index in [1.807, 2.05) is 0 Å². The van der Waals surface area contributed by atoms with E-state index in [9.17, 15) is 4.79 Å². The van der Waals surface area contributed by atoms with Crippen LogP contribution in [-0.4, -0.2) is 36.2 Å². The van der Waals surface area contributed by atoms with E-state index in [2.05, 4.69) is 24.2 Å². The van der Waals surface area contributed by atoms with Gasteiger partial charge in [0.25, 0.3) is 0 Å². The van der Waals surface area contributed by atoms with Crippen molar-refractivity contribution in [2.24, 2.45) is 5.92 Å². The van der Waals surface area contributed by atoms with Crippen molar-refractivity contribution < 1.29 is 4.79 Å². The van der Waals surface area contributed by atoms with Gasteiger partial charge >= 0.3 is 0 Å². The SMILES string of the molecule is CN1CCC(C(=O)C=S)CC1. The van der Waals surface area contributed by atoms with E-state index in [-0.39, 0.29) is 11.7 Å². The Labute approximate surface area is 72.6 Å². The first-order valence-electron chi connectivity index (χ1n) is 3.91. The maximum atomic E-state index is 11.1. The highest BCUT2D eigenvalue weighted by atomic mass is 32.1. The molecule has 0 aromatic carbocycles. The van der Waals surface area contributed by atoms with Gasteiger partial charge in [0, 0.05) is 11.3 Å². The van der Waals surface area contributed by atoms with Crippen LogP contribution >= 0.6 is 12.2 Å². The molecule has 0 spiro atoms. The maximum absolute atomic E-state index is 11.1. The fraction of sp³-hybridized carbons (Fsp3) is 0.750. The van der Waals surface area contributed by atoms with Crippen molar-refractivity contribution in [3.8, 4) is 0 Å². The molecule has 0 radical (unpaired) electrons. The number of nitrogens with zero attached hydrogens (tertiary/aromatic N) is 1. The fourth-order valence-corrected chi connectivity index (χ4v) is 1.58. The lowest BCUT2D eigenvalue weighted by molar-refractivity contribution is -0.117. The van der Waals surface area contributed by atoms with Gasteiger partial charge in [-0.1, -0.05) is 12.2 Å². The number of Topliss-reactive ketones (excluding diaryl/α,β-unsaturated/α-hetero) is 1. The average molecular weight is 171 g/mol. The van der Waals surface area contributed by atoms with Crippen molar-refractivity contribution in [3.63, 3.8) is 0 Å². The standard InChI is InChI=1S/C8H13NOS/c1-9-4-2-7(3-5-9)8(10)6-11/h6-7H,2-5H2,1H3. The Hall–Kier alpha value is -0.280. The number of hydrogen-bond donors (Lipinski definition) is 0. The molecule has 1 aliphatic heterocycles. The van der Waals surface area contributed by atoms with Gasteiger partial charge in [0.05, 0.1) is 0 Å². The molecule has 2 nitrogen and oxygen atoms in total. The molecule has 0 saturated carbocycles. The summed E-state index contributed by atoms with van der Waals surface area (Å²) >= 11 is 4.60. The van der Waals surface area contributed by atoms with Crippen LogP contribution in [0.3, 0.4) is 0 Å². The van der Waals surface area contributed by atoms with Crippen LogP contribution in [0.4, 0.5) is 0 Å². The third-order valence-electron chi connectivity index (χ3n) is 2.24. The Balaban J connectivity index is 2.38. The zero-order valence-corrected chi connectivity index (χ0v) is 7.56. The summed E-state index contributed by atoms with van der Waals surface area (Å²) in [6, 6.07) is 0. The topological polar surface area (TPSA) is 20.3 Å². The lowest BCUT2D eigenvalue weighted by Crippen LogP contribution is -2.33. The van der Waals surface area contributed by atoms with E-state index in [1.165, 1.54) is 5.37 Å². The predicted octanol–water partition coefficient (Wildman–Crippen LogP) is 0.897. The Morgan fingerprint density at radius 3 is 2.55 bits per heavy atom. The van der Waals surface area contributed by atoms with Crippen LogP contribution < -0.4 is 0 Å². The Morgan fingerprint density at radius 1 is 1.55 bits per heavy atom. The summed E-state index contributed by atoms with van der Waals surface area (Å²) in [5.74, 6) is 0.358. The molecule has 0 unspecified atom stereocenters. The Bertz CT molecular complexity index is 161. The lowest BCUT2D eigenvalue weighted by atomic mass is 9.94. The minimum atomic E-state index is 0.146. The quantitative estimate of drug-likeness (QED) is 0.576. The van der Waals surface area contributed by atoms with Gasteiger partial charge in [0.1, 0.15) is 0 Å². The smallest absolute Gasteiger partial charge is 0.169 e. The molecule has 1 aliphatic rings. The van der Waals surface area contributed by atoms with Gasteiger partial charge in [-0.3, -0.25) is 4.79 Å². The van der Waals surface area contributed by atoms with E-state index in [1.54, 1.807) is 0 Å². The van der Waals surface area contributed by atoms with Gasteiger partial charge in [-0.2, -0.15) is 0 Å². The van der Waals surface area contributed by atoms with Crippen molar-refractivity contribution in [2.75, 3.05) is 20.1 Å². The van der Waals surface area contributed by atoms with Crippen molar-refractivity contribution >= 4 is 23.4 Å². The van der Waals surface area contributed by atoms with Crippen LogP contribution in [0.25, 0.3) is 0 Å². The van der Waals surface area contributed by atoms with E-state index in [0.29, 0.717) is 0 Å². The Kier molecular flexibility index (Phi) is 3.15. The number of piperidine rings is 1. The number of carbonyl (C=O) groups is 1. The first kappa shape index (κ1) is 8.81. The van der Waals surface area contributed by atoms with Crippen LogP contribution in [-0.2, 0) is 4.79 Å². The van der Waals surface area contributed by atoms with Crippen LogP contribution in [0.15, 0.2) is 0 Å². The fourth-order valence-electron chi connectivity index (χ4n) is 1.39. The first-order valence-corrected chi connectivity index (χ1v) is 4.38. The van der Waals surface area contributed by atoms with Crippen molar-refractivity contribution in [1.82, 2.24) is 4.90 Å². The number of hydrogen-bond acceptors (Lipinski definition) is 3. The molecule has 0 N–H and O–H groups in total. The monoisotopic (exact) mass is 171 g/mol. The molecule has 0 atom stereocenters. The Morgan fingerprint density at radius 2 is 2.09 bits per heavy atom. The maximum Gasteiger partial charge on any atom is 0.169 e. The zero-order chi connectivity index (χ0) is 8.27. The average Bonchev–Trinajstić information content (AvgIpc) is 2.05. The van der Waals surface area contributed by atoms with Gasteiger partial charge < -0.3 is 4.90 Å². The molecule has 0 aromatic heterocycles. The largest absolute Gasteiger partial charge is 0.306 e. The molecule has 1 rings (SSSR count). The van der Waals surface area contributed by atoms with Gasteiger partial charge in [-0.15, -0.1) is 0 Å². The van der Waals surface area contributed by atoms with E-state index in [4.69, 9.17) is 0 Å². The van der Waals surface area contributed by atoms with Gasteiger partial charge in [0.15, 0.2) is 5.78 Å². The first-order chi connectivity index (χ1) is 5.24. The van der Waals surface area contributed by atoms with E-state index < -0.39 is 0 Å². The molecule has 0 amide bonds. The van der Waals surface area contributed by atoms with Crippen LogP contribution in [0, 0.1) is 5.92 Å². The number of rotatable bonds is 2. The molecular weight excluding hydrogens is 158 g/mol. The second-order valence-electron chi connectivity index (χ2n) is 3.10. The van der Waals surface area contributed by atoms with E-state index in [0.717, 1.165) is 25.9 Å². The predicted molar refractivity (Wildman–Crippen MR) is 48.9 cm³/mol. The van der Waals surface area contributed by atoms with Crippen LogP contribution in [0.5, 0.6) is 0 Å². The van der Waals surface area contributed by atoms with Gasteiger partial charge in [-0.05, 0) is 33.0 Å². The molecule has 0 bridgehead atoms. The number of thiocarbonyl (C=S) groups is 1. The third-order valence-corrected chi connectivity index (χ3v) is 2.47. The highest BCUT2D eigenvalue weighted by Gasteiger charge is 2.21. The second kappa shape index (κ2) is 3.93. The van der Waals surface area contributed by atoms with Crippen LogP contribution in [0.2, 0.25) is 0 Å². The van der Waals surface area contributed by atoms with Crippen molar-refractivity contribution in [3.05, 3.63) is 0 Å². The molecule has 1 heterocycles. The minimum absolute atomic E-state index is 0.146. The molecule has 0 aliphatic carbocycles. The van der Waals surface area contributed by atoms with Crippen molar-refractivity contribution in [2.45, 2.75) is 12.8 Å². The summed E-state index contributed by atoms with van der Waals surface area (Å²) in [6.45, 7) is 2.05. The van der Waals surface area contributed by atoms with Gasteiger partial charge in [-0.25, -0.2) is 0 Å². The van der Waals surface area contributed by atoms with E-state index >= 15 is 0 Å². The van der Waals surface area contributed by atoms with Crippen molar-refractivity contribution in [1.29, 1.82) is 0 Å². The molecule has 0 aromatic rings. The number of carbonyl (C=O) groups excluding carboxylic acids is 1. The van der Waals surface area contributed by atoms with Gasteiger partial charge in [0.2, 0.25) is 0 Å². The molecular formula is C8H13NOS. The number of ketones is 1. The molecule has 62 valence electrons. The lowest BCUT2D eigenvalue weighted by Gasteiger charge is -2.26. The summed E-state index contributed by atoms with van der Waals surface area (Å²) < 4.78 is 0. The highest BCUT2D eigenvalue weighted by Crippen LogP contribution is 2.15. The minimum Gasteiger partial charge on any atom is -0.306 e. The third kappa shape index (κ3) is 2.34. The molecule has 11 heavy (non-hydrogen) atoms. The number of likely N-dealkylation sites (tertiary alicyclic amines) is 1. The highest BCUT2D eigenvalue weighted by molar-refractivity contribution is 7.80. The summed E-state index contributed by atoms with van der Waals surface area (Å²) in [4.78, 5) is 13.3.